The van der Waals surface area contributed by atoms with Crippen LogP contribution in [0.3, 0.4) is 0 Å². The minimum atomic E-state index is -1.04. The first-order valence-electron chi connectivity index (χ1n) is 5.40. The Morgan fingerprint density at radius 3 is 2.67 bits per heavy atom. The Morgan fingerprint density at radius 2 is 2.17 bits per heavy atom. The average molecular weight is 290 g/mol. The van der Waals surface area contributed by atoms with E-state index in [2.05, 4.69) is 4.98 Å². The second-order valence-corrected chi connectivity index (χ2v) is 5.93. The molecular formula is C10H14N2O4S2. The van der Waals surface area contributed by atoms with Crippen molar-refractivity contribution in [2.75, 3.05) is 6.61 Å². The summed E-state index contributed by atoms with van der Waals surface area (Å²) in [5.74, 6) is 0. The molecule has 0 saturated carbocycles. The fraction of sp³-hybridized carbons (Fsp3) is 0.600. The minimum Gasteiger partial charge on any atom is -0.395 e. The first-order chi connectivity index (χ1) is 8.45. The maximum absolute atomic E-state index is 11.3. The van der Waals surface area contributed by atoms with E-state index in [9.17, 15) is 15.0 Å². The Bertz CT molecular complexity index is 556. The molecule has 0 aliphatic carbocycles. The molecule has 8 heteroatoms. The van der Waals surface area contributed by atoms with Crippen LogP contribution in [0.2, 0.25) is 0 Å². The summed E-state index contributed by atoms with van der Waals surface area (Å²) in [4.78, 5) is 13.7. The lowest BCUT2D eigenvalue weighted by molar-refractivity contribution is 0.0101. The summed E-state index contributed by atoms with van der Waals surface area (Å²) < 4.78 is 1.78. The van der Waals surface area contributed by atoms with Gasteiger partial charge in [-0.15, -0.1) is 11.8 Å². The molecule has 1 aliphatic rings. The number of hydrogen-bond donors (Lipinski definition) is 4. The monoisotopic (exact) mass is 290 g/mol. The van der Waals surface area contributed by atoms with Crippen molar-refractivity contribution in [2.45, 2.75) is 29.8 Å². The van der Waals surface area contributed by atoms with Crippen molar-refractivity contribution in [3.8, 4) is 0 Å². The maximum atomic E-state index is 11.3. The van der Waals surface area contributed by atoms with Gasteiger partial charge in [-0.1, -0.05) is 0 Å². The van der Waals surface area contributed by atoms with Gasteiger partial charge in [0.25, 0.3) is 5.56 Å². The quantitative estimate of drug-likeness (QED) is 0.550. The van der Waals surface area contributed by atoms with Crippen molar-refractivity contribution >= 4 is 24.0 Å². The van der Waals surface area contributed by atoms with E-state index in [1.807, 2.05) is 0 Å². The van der Waals surface area contributed by atoms with Crippen LogP contribution in [0.4, 0.5) is 0 Å². The van der Waals surface area contributed by atoms with E-state index in [4.69, 9.17) is 17.3 Å². The van der Waals surface area contributed by atoms with Gasteiger partial charge in [-0.3, -0.25) is 9.78 Å². The van der Waals surface area contributed by atoms with Crippen LogP contribution in [-0.4, -0.2) is 48.9 Å². The number of aliphatic hydroxyl groups is 3. The van der Waals surface area contributed by atoms with Crippen LogP contribution in [0.5, 0.6) is 0 Å². The Kier molecular flexibility index (Phi) is 3.93. The number of aliphatic hydroxyl groups excluding tert-OH is 3. The van der Waals surface area contributed by atoms with Crippen molar-refractivity contribution in [2.24, 2.45) is 0 Å². The summed E-state index contributed by atoms with van der Waals surface area (Å²) in [6.07, 6.45) is -2.05. The third-order valence-corrected chi connectivity index (χ3v) is 4.79. The molecule has 1 fully saturated rings. The topological polar surface area (TPSA) is 98.5 Å². The summed E-state index contributed by atoms with van der Waals surface area (Å²) in [6, 6.07) is 1.38. The van der Waals surface area contributed by atoms with Gasteiger partial charge in [0.1, 0.15) is 11.5 Å². The molecule has 0 spiro atoms. The number of hydrogen-bond acceptors (Lipinski definition) is 6. The molecule has 6 nitrogen and oxygen atoms in total. The van der Waals surface area contributed by atoms with Crippen molar-refractivity contribution < 1.29 is 15.3 Å². The number of aryl methyl sites for hydroxylation is 1. The van der Waals surface area contributed by atoms with E-state index in [-0.39, 0.29) is 16.9 Å². The highest BCUT2D eigenvalue weighted by Crippen LogP contribution is 2.42. The average Bonchev–Trinajstić information content (AvgIpc) is 2.56. The Hall–Kier alpha value is -0.670. The van der Waals surface area contributed by atoms with Crippen LogP contribution >= 0.6 is 24.0 Å². The van der Waals surface area contributed by atoms with Crippen molar-refractivity contribution in [1.82, 2.24) is 9.55 Å². The minimum absolute atomic E-state index is 0.197. The second kappa shape index (κ2) is 5.14. The summed E-state index contributed by atoms with van der Waals surface area (Å²) in [5.41, 5.74) is 0.302. The summed E-state index contributed by atoms with van der Waals surface area (Å²) in [5, 5.41) is 27.9. The van der Waals surface area contributed by atoms with Crippen LogP contribution in [0.1, 0.15) is 11.1 Å². The number of H-pyrrole nitrogens is 1. The van der Waals surface area contributed by atoms with Crippen LogP contribution < -0.4 is 5.56 Å². The predicted octanol–water partition coefficient (Wildman–Crippen LogP) is -0.458. The third kappa shape index (κ3) is 2.26. The molecule has 2 heterocycles. The largest absolute Gasteiger partial charge is 0.395 e. The number of rotatable bonds is 2. The highest BCUT2D eigenvalue weighted by Gasteiger charge is 2.43. The van der Waals surface area contributed by atoms with Crippen molar-refractivity contribution in [1.29, 1.82) is 0 Å². The maximum Gasteiger partial charge on any atom is 0.251 e. The normalized spacial score (nSPS) is 31.8. The Labute approximate surface area is 112 Å². The van der Waals surface area contributed by atoms with Crippen LogP contribution in [0.15, 0.2) is 10.9 Å². The lowest BCUT2D eigenvalue weighted by Gasteiger charge is -2.20. The number of nitrogens with zero attached hydrogens (tertiary/aromatic N) is 1. The van der Waals surface area contributed by atoms with E-state index in [1.165, 1.54) is 17.8 Å². The van der Waals surface area contributed by atoms with E-state index in [1.54, 1.807) is 11.5 Å². The molecule has 1 aromatic heterocycles. The van der Waals surface area contributed by atoms with E-state index in [0.717, 1.165) is 0 Å². The molecule has 2 rings (SSSR count). The number of aromatic amines is 1. The summed E-state index contributed by atoms with van der Waals surface area (Å²) >= 11 is 6.31. The van der Waals surface area contributed by atoms with Gasteiger partial charge < -0.3 is 19.9 Å². The van der Waals surface area contributed by atoms with Crippen molar-refractivity contribution in [3.05, 3.63) is 26.9 Å². The van der Waals surface area contributed by atoms with Crippen LogP contribution in [0, 0.1) is 11.7 Å². The molecule has 0 radical (unpaired) electrons. The zero-order valence-electron chi connectivity index (χ0n) is 9.61. The van der Waals surface area contributed by atoms with Gasteiger partial charge in [0.15, 0.2) is 4.77 Å². The number of aromatic nitrogens is 2. The number of thioether (sulfide) groups is 1. The summed E-state index contributed by atoms with van der Waals surface area (Å²) in [6.45, 7) is 1.48. The van der Waals surface area contributed by atoms with Crippen molar-refractivity contribution in [3.63, 3.8) is 0 Å². The smallest absolute Gasteiger partial charge is 0.251 e. The van der Waals surface area contributed by atoms with Crippen LogP contribution in [0.25, 0.3) is 0 Å². The van der Waals surface area contributed by atoms with Gasteiger partial charge in [0.2, 0.25) is 0 Å². The molecule has 18 heavy (non-hydrogen) atoms. The highest BCUT2D eigenvalue weighted by molar-refractivity contribution is 8.00. The second-order valence-electron chi connectivity index (χ2n) is 4.18. The molecule has 0 bridgehead atoms. The van der Waals surface area contributed by atoms with Gasteiger partial charge >= 0.3 is 0 Å². The molecule has 1 aliphatic heterocycles. The zero-order chi connectivity index (χ0) is 13.4. The molecule has 4 N–H and O–H groups in total. The molecule has 100 valence electrons. The standard InChI is InChI=1S/C10H14N2O4S2/c1-4-2-6(14)11-10(17)12(4)9-8(16)7(15)5(3-13)18-9/h2,5,7-9,13,15-16H,3H2,1H3,(H,11,14,17)/t5-,7+,8+,9-/m0/s1. The Balaban J connectivity index is 2.45. The highest BCUT2D eigenvalue weighted by atomic mass is 32.2. The molecule has 0 amide bonds. The molecule has 1 aromatic rings. The molecule has 4 atom stereocenters. The third-order valence-electron chi connectivity index (χ3n) is 2.94. The SMILES string of the molecule is Cc1cc(=O)[nH]c(=S)n1[C@H]1S[C@@H](CO)[C@@H](O)[C@H]1O. The molecule has 0 unspecified atom stereocenters. The van der Waals surface area contributed by atoms with E-state index >= 15 is 0 Å². The van der Waals surface area contributed by atoms with Crippen LogP contribution in [-0.2, 0) is 0 Å². The first-order valence-corrected chi connectivity index (χ1v) is 6.75. The lowest BCUT2D eigenvalue weighted by atomic mass is 10.1. The molecule has 1 saturated heterocycles. The zero-order valence-corrected chi connectivity index (χ0v) is 11.2. The van der Waals surface area contributed by atoms with Gasteiger partial charge in [-0.05, 0) is 19.1 Å². The van der Waals surface area contributed by atoms with Gasteiger partial charge in [0, 0.05) is 11.8 Å². The fourth-order valence-electron chi connectivity index (χ4n) is 2.03. The fourth-order valence-corrected chi connectivity index (χ4v) is 3.94. The molecular weight excluding hydrogens is 276 g/mol. The van der Waals surface area contributed by atoms with E-state index in [0.29, 0.717) is 5.69 Å². The number of nitrogens with one attached hydrogen (secondary N) is 1. The Morgan fingerprint density at radius 1 is 1.50 bits per heavy atom. The van der Waals surface area contributed by atoms with E-state index < -0.39 is 22.8 Å². The summed E-state index contributed by atoms with van der Waals surface area (Å²) in [7, 11) is 0. The lowest BCUT2D eigenvalue weighted by Crippen LogP contribution is -2.33. The van der Waals surface area contributed by atoms with Gasteiger partial charge in [-0.2, -0.15) is 0 Å². The predicted molar refractivity (Wildman–Crippen MR) is 70.1 cm³/mol. The molecule has 0 aromatic carbocycles. The van der Waals surface area contributed by atoms with Gasteiger partial charge in [0.05, 0.1) is 18.0 Å². The first kappa shape index (κ1) is 13.8. The van der Waals surface area contributed by atoms with Gasteiger partial charge in [-0.25, -0.2) is 0 Å².